The molecule has 1 heterocycles. The van der Waals surface area contributed by atoms with Crippen molar-refractivity contribution in [3.8, 4) is 0 Å². The molecule has 0 unspecified atom stereocenters. The van der Waals surface area contributed by atoms with E-state index in [9.17, 15) is 18.0 Å². The number of quaternary nitrogens is 1. The monoisotopic (exact) mass is 411 g/mol. The summed E-state index contributed by atoms with van der Waals surface area (Å²) in [4.78, 5) is 24.8. The summed E-state index contributed by atoms with van der Waals surface area (Å²) in [5, 5.41) is 4.63. The molecule has 1 aliphatic heterocycles. The maximum absolute atomic E-state index is 13.3. The first-order chi connectivity index (χ1) is 13.0. The van der Waals surface area contributed by atoms with Gasteiger partial charge in [0.25, 0.3) is 5.91 Å². The minimum Gasteiger partial charge on any atom is -0.341 e. The zero-order chi connectivity index (χ0) is 21.2. The van der Waals surface area contributed by atoms with E-state index in [1.807, 2.05) is 33.8 Å². The smallest absolute Gasteiger partial charge is 0.321 e. The van der Waals surface area contributed by atoms with Crippen LogP contribution in [-0.4, -0.2) is 63.9 Å². The Morgan fingerprint density at radius 1 is 1.07 bits per heavy atom. The molecule has 0 radical (unpaired) electrons. The van der Waals surface area contributed by atoms with Crippen LogP contribution in [0, 0.1) is 27.7 Å². The van der Waals surface area contributed by atoms with E-state index >= 15 is 0 Å². The van der Waals surface area contributed by atoms with Crippen molar-refractivity contribution in [2.45, 2.75) is 45.6 Å². The first kappa shape index (κ1) is 22.3. The molecule has 0 saturated carbocycles. The second-order valence-electron chi connectivity index (χ2n) is 7.44. The summed E-state index contributed by atoms with van der Waals surface area (Å²) < 4.78 is 28.1. The lowest BCUT2D eigenvalue weighted by Crippen LogP contribution is -3.19. The van der Waals surface area contributed by atoms with Crippen molar-refractivity contribution in [2.24, 2.45) is 0 Å². The summed E-state index contributed by atoms with van der Waals surface area (Å²) in [5.41, 5.74) is 3.50. The lowest BCUT2D eigenvalue weighted by atomic mass is 10.0. The van der Waals surface area contributed by atoms with Crippen LogP contribution in [0.3, 0.4) is 0 Å². The van der Waals surface area contributed by atoms with Crippen molar-refractivity contribution in [3.05, 3.63) is 28.3 Å². The molecule has 1 atom stereocenters. The SMILES string of the molecule is CNC(=O)NC(=O)[C@H](C)[NH+]1CCN(S(=O)(=O)c2c(C)c(C)cc(C)c2C)CC1. The number of nitrogens with one attached hydrogen (secondary N) is 3. The van der Waals surface area contributed by atoms with Gasteiger partial charge >= 0.3 is 6.03 Å². The number of carbonyl (C=O) groups is 2. The molecule has 0 aliphatic carbocycles. The summed E-state index contributed by atoms with van der Waals surface area (Å²) in [6.45, 7) is 11.0. The van der Waals surface area contributed by atoms with Crippen LogP contribution in [0.4, 0.5) is 4.79 Å². The van der Waals surface area contributed by atoms with Crippen molar-refractivity contribution in [2.75, 3.05) is 33.2 Å². The summed E-state index contributed by atoms with van der Waals surface area (Å²) >= 11 is 0. The Morgan fingerprint density at radius 2 is 1.57 bits per heavy atom. The molecule has 1 fully saturated rings. The molecule has 0 aromatic heterocycles. The van der Waals surface area contributed by atoms with E-state index in [-0.39, 0.29) is 5.91 Å². The Balaban J connectivity index is 2.15. The molecule has 28 heavy (non-hydrogen) atoms. The number of benzene rings is 1. The van der Waals surface area contributed by atoms with Crippen LogP contribution >= 0.6 is 0 Å². The molecule has 9 heteroatoms. The first-order valence-corrected chi connectivity index (χ1v) is 10.9. The van der Waals surface area contributed by atoms with E-state index in [2.05, 4.69) is 10.6 Å². The van der Waals surface area contributed by atoms with Gasteiger partial charge in [-0.3, -0.25) is 10.1 Å². The standard InChI is InChI=1S/C19H30N4O4S/c1-12-11-13(2)15(4)17(14(12)3)28(26,27)23-9-7-22(8-10-23)16(5)18(24)21-19(25)20-6/h11,16H,7-10H2,1-6H3,(H2,20,21,24,25)/p+1/t16-/m0/s1. The summed E-state index contributed by atoms with van der Waals surface area (Å²) in [6, 6.07) is 1.03. The van der Waals surface area contributed by atoms with Gasteiger partial charge < -0.3 is 10.2 Å². The number of aryl methyl sites for hydroxylation is 2. The van der Waals surface area contributed by atoms with Gasteiger partial charge in [0.15, 0.2) is 6.04 Å². The fourth-order valence-electron chi connectivity index (χ4n) is 3.61. The molecule has 3 N–H and O–H groups in total. The number of carbonyl (C=O) groups excluding carboxylic acids is 2. The number of piperazine rings is 1. The van der Waals surface area contributed by atoms with E-state index in [4.69, 9.17) is 0 Å². The zero-order valence-electron chi connectivity index (χ0n) is 17.5. The number of hydrogen-bond donors (Lipinski definition) is 3. The van der Waals surface area contributed by atoms with Crippen molar-refractivity contribution in [1.82, 2.24) is 14.9 Å². The number of nitrogens with zero attached hydrogens (tertiary/aromatic N) is 1. The maximum Gasteiger partial charge on any atom is 0.321 e. The molecule has 156 valence electrons. The Bertz CT molecular complexity index is 848. The molecule has 0 spiro atoms. The van der Waals surface area contributed by atoms with Crippen molar-refractivity contribution in [1.29, 1.82) is 0 Å². The summed E-state index contributed by atoms with van der Waals surface area (Å²) in [6.07, 6.45) is 0. The molecular weight excluding hydrogens is 380 g/mol. The third-order valence-electron chi connectivity index (χ3n) is 5.73. The van der Waals surface area contributed by atoms with Gasteiger partial charge in [-0.25, -0.2) is 13.2 Å². The van der Waals surface area contributed by atoms with Gasteiger partial charge in [-0.05, 0) is 56.9 Å². The second-order valence-corrected chi connectivity index (χ2v) is 9.32. The highest BCUT2D eigenvalue weighted by molar-refractivity contribution is 7.89. The van der Waals surface area contributed by atoms with Crippen molar-refractivity contribution >= 4 is 22.0 Å². The van der Waals surface area contributed by atoms with Crippen LogP contribution in [0.25, 0.3) is 0 Å². The highest BCUT2D eigenvalue weighted by atomic mass is 32.2. The van der Waals surface area contributed by atoms with Crippen LogP contribution in [-0.2, 0) is 14.8 Å². The molecule has 1 saturated heterocycles. The van der Waals surface area contributed by atoms with Gasteiger partial charge in [0.2, 0.25) is 10.0 Å². The van der Waals surface area contributed by atoms with E-state index in [1.54, 1.807) is 6.92 Å². The van der Waals surface area contributed by atoms with Crippen molar-refractivity contribution < 1.29 is 22.9 Å². The molecule has 0 bridgehead atoms. The molecule has 1 aliphatic rings. The lowest BCUT2D eigenvalue weighted by molar-refractivity contribution is -0.917. The van der Waals surface area contributed by atoms with Crippen molar-refractivity contribution in [3.63, 3.8) is 0 Å². The predicted octanol–water partition coefficient (Wildman–Crippen LogP) is -0.346. The lowest BCUT2D eigenvalue weighted by Gasteiger charge is -2.34. The van der Waals surface area contributed by atoms with Gasteiger partial charge in [0.05, 0.1) is 31.1 Å². The van der Waals surface area contributed by atoms with Gasteiger partial charge in [0.1, 0.15) is 0 Å². The Morgan fingerprint density at radius 3 is 2.04 bits per heavy atom. The van der Waals surface area contributed by atoms with Gasteiger partial charge in [-0.15, -0.1) is 0 Å². The van der Waals surface area contributed by atoms with Gasteiger partial charge in [0, 0.05) is 7.05 Å². The quantitative estimate of drug-likeness (QED) is 0.631. The molecular formula is C19H31N4O4S+. The molecule has 1 aromatic carbocycles. The third kappa shape index (κ3) is 4.37. The fraction of sp³-hybridized carbons (Fsp3) is 0.579. The average molecular weight is 412 g/mol. The van der Waals surface area contributed by atoms with E-state index in [1.165, 1.54) is 11.4 Å². The van der Waals surface area contributed by atoms with Crippen LogP contribution in [0.15, 0.2) is 11.0 Å². The highest BCUT2D eigenvalue weighted by Crippen LogP contribution is 2.28. The number of hydrogen-bond acceptors (Lipinski definition) is 4. The minimum atomic E-state index is -3.61. The molecule has 3 amide bonds. The number of imide groups is 1. The van der Waals surface area contributed by atoms with Crippen LogP contribution in [0.1, 0.15) is 29.2 Å². The predicted molar refractivity (Wildman–Crippen MR) is 107 cm³/mol. The van der Waals surface area contributed by atoms with E-state index in [0.717, 1.165) is 27.2 Å². The van der Waals surface area contributed by atoms with Gasteiger partial charge in [-0.2, -0.15) is 4.31 Å². The van der Waals surface area contributed by atoms with Crippen LogP contribution < -0.4 is 15.5 Å². The highest BCUT2D eigenvalue weighted by Gasteiger charge is 2.36. The average Bonchev–Trinajstić information content (AvgIpc) is 2.65. The number of sulfonamides is 1. The van der Waals surface area contributed by atoms with Crippen LogP contribution in [0.5, 0.6) is 0 Å². The first-order valence-electron chi connectivity index (χ1n) is 9.45. The maximum atomic E-state index is 13.3. The topological polar surface area (TPSA) is 100 Å². The van der Waals surface area contributed by atoms with Crippen LogP contribution in [0.2, 0.25) is 0 Å². The summed E-state index contributed by atoms with van der Waals surface area (Å²) in [7, 11) is -2.16. The largest absolute Gasteiger partial charge is 0.341 e. The molecule has 2 rings (SSSR count). The Kier molecular flexibility index (Phi) is 6.84. The minimum absolute atomic E-state index is 0.334. The zero-order valence-corrected chi connectivity index (χ0v) is 18.3. The Hall–Kier alpha value is -1.97. The number of urea groups is 1. The van der Waals surface area contributed by atoms with Gasteiger partial charge in [-0.1, -0.05) is 6.07 Å². The fourth-order valence-corrected chi connectivity index (χ4v) is 5.63. The molecule has 8 nitrogen and oxygen atoms in total. The van der Waals surface area contributed by atoms with E-state index in [0.29, 0.717) is 31.1 Å². The third-order valence-corrected chi connectivity index (χ3v) is 7.90. The summed E-state index contributed by atoms with van der Waals surface area (Å²) in [5.74, 6) is -0.369. The normalized spacial score (nSPS) is 17.2. The second kappa shape index (κ2) is 8.59. The Labute approximate surface area is 167 Å². The van der Waals surface area contributed by atoms with E-state index < -0.39 is 22.1 Å². The molecule has 1 aromatic rings. The number of rotatable bonds is 4. The number of amides is 3.